The summed E-state index contributed by atoms with van der Waals surface area (Å²) in [5.41, 5.74) is 5.62. The van der Waals surface area contributed by atoms with Crippen LogP contribution < -0.4 is 5.73 Å². The summed E-state index contributed by atoms with van der Waals surface area (Å²) in [5, 5.41) is 0. The minimum absolute atomic E-state index is 0.285. The molecule has 0 bridgehead atoms. The number of hydrogen-bond donors (Lipinski definition) is 1. The Bertz CT molecular complexity index is 166. The second kappa shape index (κ2) is 4.19. The molecule has 1 aliphatic carbocycles. The van der Waals surface area contributed by atoms with Crippen LogP contribution in [-0.4, -0.2) is 28.5 Å². The number of rotatable bonds is 5. The molecule has 3 heteroatoms. The van der Waals surface area contributed by atoms with Crippen molar-refractivity contribution >= 4 is 17.2 Å². The van der Waals surface area contributed by atoms with E-state index in [1.165, 1.54) is 19.3 Å². The molecule has 2 N–H and O–H groups in total. The first-order chi connectivity index (χ1) is 5.66. The number of hydrogen-bond acceptors (Lipinski definition) is 2. The van der Waals surface area contributed by atoms with Gasteiger partial charge in [0.1, 0.15) is 0 Å². The first kappa shape index (κ1) is 9.93. The van der Waals surface area contributed by atoms with Crippen LogP contribution in [0.15, 0.2) is 0 Å². The van der Waals surface area contributed by atoms with Crippen molar-refractivity contribution < 1.29 is 0 Å². The van der Waals surface area contributed by atoms with Gasteiger partial charge in [-0.15, -0.1) is 0 Å². The van der Waals surface area contributed by atoms with E-state index < -0.39 is 0 Å². The topological polar surface area (TPSA) is 29.3 Å². The monoisotopic (exact) mass is 186 g/mol. The Morgan fingerprint density at radius 2 is 2.25 bits per heavy atom. The van der Waals surface area contributed by atoms with E-state index in [0.717, 1.165) is 12.6 Å². The van der Waals surface area contributed by atoms with Crippen LogP contribution in [0.1, 0.15) is 33.1 Å². The van der Waals surface area contributed by atoms with E-state index in [4.69, 9.17) is 18.0 Å². The van der Waals surface area contributed by atoms with Gasteiger partial charge in [0.15, 0.2) is 0 Å². The van der Waals surface area contributed by atoms with E-state index >= 15 is 0 Å². The van der Waals surface area contributed by atoms with Gasteiger partial charge in [0.25, 0.3) is 0 Å². The van der Waals surface area contributed by atoms with E-state index in [2.05, 4.69) is 18.7 Å². The summed E-state index contributed by atoms with van der Waals surface area (Å²) < 4.78 is 0. The Labute approximate surface area is 80.1 Å². The van der Waals surface area contributed by atoms with Crippen LogP contribution >= 0.6 is 12.2 Å². The number of nitrogens with zero attached hydrogens (tertiary/aromatic N) is 1. The van der Waals surface area contributed by atoms with Gasteiger partial charge in [-0.3, -0.25) is 4.90 Å². The molecule has 12 heavy (non-hydrogen) atoms. The maximum absolute atomic E-state index is 5.62. The summed E-state index contributed by atoms with van der Waals surface area (Å²) in [6.07, 6.45) is 3.84. The molecule has 1 fully saturated rings. The van der Waals surface area contributed by atoms with Crippen molar-refractivity contribution in [2.45, 2.75) is 45.2 Å². The Morgan fingerprint density at radius 3 is 2.58 bits per heavy atom. The Hall–Kier alpha value is -0.150. The summed E-state index contributed by atoms with van der Waals surface area (Å²) in [7, 11) is 0. The molecule has 0 heterocycles. The Balaban J connectivity index is 2.45. The third-order valence-corrected chi connectivity index (χ3v) is 2.75. The van der Waals surface area contributed by atoms with Gasteiger partial charge in [0.05, 0.1) is 11.0 Å². The lowest BCUT2D eigenvalue weighted by molar-refractivity contribution is 0.244. The van der Waals surface area contributed by atoms with Crippen molar-refractivity contribution in [2.24, 2.45) is 5.73 Å². The molecule has 2 nitrogen and oxygen atoms in total. The standard InChI is InChI=1S/C9H18N2S/c1-3-6-11(8-4-5-8)7(2)9(10)12/h7-8H,3-6H2,1-2H3,(H2,10,12). The third kappa shape index (κ3) is 2.42. The van der Waals surface area contributed by atoms with Crippen LogP contribution in [0.2, 0.25) is 0 Å². The van der Waals surface area contributed by atoms with E-state index in [1.54, 1.807) is 0 Å². The molecular weight excluding hydrogens is 168 g/mol. The van der Waals surface area contributed by atoms with Gasteiger partial charge in [0, 0.05) is 6.04 Å². The molecule has 1 aliphatic rings. The second-order valence-corrected chi connectivity index (χ2v) is 4.02. The van der Waals surface area contributed by atoms with Crippen LogP contribution in [0.4, 0.5) is 0 Å². The molecule has 1 saturated carbocycles. The van der Waals surface area contributed by atoms with E-state index in [-0.39, 0.29) is 6.04 Å². The van der Waals surface area contributed by atoms with Gasteiger partial charge >= 0.3 is 0 Å². The molecule has 1 rings (SSSR count). The highest BCUT2D eigenvalue weighted by Gasteiger charge is 2.32. The van der Waals surface area contributed by atoms with Crippen molar-refractivity contribution in [1.82, 2.24) is 4.90 Å². The molecule has 1 atom stereocenters. The third-order valence-electron chi connectivity index (χ3n) is 2.41. The first-order valence-corrected chi connectivity index (χ1v) is 5.12. The fraction of sp³-hybridized carbons (Fsp3) is 0.889. The lowest BCUT2D eigenvalue weighted by Gasteiger charge is -2.27. The summed E-state index contributed by atoms with van der Waals surface area (Å²) in [4.78, 5) is 3.07. The molecule has 0 radical (unpaired) electrons. The van der Waals surface area contributed by atoms with E-state index in [0.29, 0.717) is 4.99 Å². The molecule has 1 unspecified atom stereocenters. The fourth-order valence-electron chi connectivity index (χ4n) is 1.52. The highest BCUT2D eigenvalue weighted by atomic mass is 32.1. The smallest absolute Gasteiger partial charge is 0.0899 e. The minimum Gasteiger partial charge on any atom is -0.392 e. The van der Waals surface area contributed by atoms with E-state index in [1.807, 2.05) is 0 Å². The highest BCUT2D eigenvalue weighted by molar-refractivity contribution is 7.80. The second-order valence-electron chi connectivity index (χ2n) is 3.55. The Morgan fingerprint density at radius 1 is 1.67 bits per heavy atom. The van der Waals surface area contributed by atoms with Crippen molar-refractivity contribution in [3.8, 4) is 0 Å². The molecular formula is C9H18N2S. The summed E-state index contributed by atoms with van der Waals surface area (Å²) in [5.74, 6) is 0. The molecule has 0 aromatic heterocycles. The van der Waals surface area contributed by atoms with Gasteiger partial charge in [-0.05, 0) is 32.7 Å². The molecule has 0 aromatic carbocycles. The average Bonchev–Trinajstić information content (AvgIpc) is 2.81. The first-order valence-electron chi connectivity index (χ1n) is 4.72. The van der Waals surface area contributed by atoms with Gasteiger partial charge in [-0.1, -0.05) is 19.1 Å². The van der Waals surface area contributed by atoms with Crippen LogP contribution in [0, 0.1) is 0 Å². The zero-order valence-electron chi connectivity index (χ0n) is 7.92. The SMILES string of the molecule is CCCN(C1CC1)C(C)C(N)=S. The molecule has 0 amide bonds. The van der Waals surface area contributed by atoms with E-state index in [9.17, 15) is 0 Å². The van der Waals surface area contributed by atoms with Crippen molar-refractivity contribution in [3.05, 3.63) is 0 Å². The molecule has 0 saturated heterocycles. The fourth-order valence-corrected chi connectivity index (χ4v) is 1.66. The summed E-state index contributed by atoms with van der Waals surface area (Å²) >= 11 is 4.99. The molecule has 0 aliphatic heterocycles. The van der Waals surface area contributed by atoms with Gasteiger partial charge < -0.3 is 5.73 Å². The van der Waals surface area contributed by atoms with Crippen molar-refractivity contribution in [3.63, 3.8) is 0 Å². The quantitative estimate of drug-likeness (QED) is 0.660. The summed E-state index contributed by atoms with van der Waals surface area (Å²) in [6.45, 7) is 5.43. The van der Waals surface area contributed by atoms with Crippen molar-refractivity contribution in [2.75, 3.05) is 6.54 Å². The van der Waals surface area contributed by atoms with Crippen LogP contribution in [0.5, 0.6) is 0 Å². The number of thiocarbonyl (C=S) groups is 1. The zero-order chi connectivity index (χ0) is 9.14. The predicted molar refractivity (Wildman–Crippen MR) is 56.3 cm³/mol. The van der Waals surface area contributed by atoms with Crippen LogP contribution in [0.3, 0.4) is 0 Å². The lowest BCUT2D eigenvalue weighted by Crippen LogP contribution is -2.43. The largest absolute Gasteiger partial charge is 0.392 e. The molecule has 70 valence electrons. The zero-order valence-corrected chi connectivity index (χ0v) is 8.73. The molecule has 0 aromatic rings. The van der Waals surface area contributed by atoms with Crippen LogP contribution in [-0.2, 0) is 0 Å². The maximum Gasteiger partial charge on any atom is 0.0899 e. The summed E-state index contributed by atoms with van der Waals surface area (Å²) in [6, 6.07) is 1.05. The maximum atomic E-state index is 5.62. The minimum atomic E-state index is 0.285. The average molecular weight is 186 g/mol. The normalized spacial score (nSPS) is 19.6. The van der Waals surface area contributed by atoms with Gasteiger partial charge in [0.2, 0.25) is 0 Å². The Kier molecular flexibility index (Phi) is 3.47. The predicted octanol–water partition coefficient (Wildman–Crippen LogP) is 1.54. The van der Waals surface area contributed by atoms with Crippen LogP contribution in [0.25, 0.3) is 0 Å². The highest BCUT2D eigenvalue weighted by Crippen LogP contribution is 2.28. The number of nitrogens with two attached hydrogens (primary N) is 1. The molecule has 0 spiro atoms. The lowest BCUT2D eigenvalue weighted by atomic mass is 10.2. The van der Waals surface area contributed by atoms with Crippen molar-refractivity contribution in [1.29, 1.82) is 0 Å². The van der Waals surface area contributed by atoms with Gasteiger partial charge in [-0.25, -0.2) is 0 Å². The van der Waals surface area contributed by atoms with Gasteiger partial charge in [-0.2, -0.15) is 0 Å².